The molecule has 0 radical (unpaired) electrons. The van der Waals surface area contributed by atoms with E-state index in [1.54, 1.807) is 38.5 Å². The lowest BCUT2D eigenvalue weighted by molar-refractivity contribution is -0.114. The van der Waals surface area contributed by atoms with Gasteiger partial charge in [0.15, 0.2) is 12.1 Å². The maximum Gasteiger partial charge on any atom is 0.196 e. The van der Waals surface area contributed by atoms with Crippen LogP contribution < -0.4 is 4.74 Å². The van der Waals surface area contributed by atoms with Gasteiger partial charge in [0, 0.05) is 38.9 Å². The Hall–Kier alpha value is -2.41. The van der Waals surface area contributed by atoms with Crippen LogP contribution in [0, 0.1) is 0 Å². The number of hydrogen-bond acceptors (Lipinski definition) is 6. The van der Waals surface area contributed by atoms with Gasteiger partial charge in [-0.2, -0.15) is 0 Å². The number of benzene rings is 2. The van der Waals surface area contributed by atoms with Crippen LogP contribution in [0.5, 0.6) is 11.5 Å². The average molecular weight is 359 g/mol. The van der Waals surface area contributed by atoms with E-state index in [9.17, 15) is 9.90 Å². The summed E-state index contributed by atoms with van der Waals surface area (Å²) in [5.41, 5.74) is 1.83. The van der Waals surface area contributed by atoms with Crippen LogP contribution in [0.3, 0.4) is 0 Å². The van der Waals surface area contributed by atoms with Gasteiger partial charge in [0.1, 0.15) is 11.5 Å². The quantitative estimate of drug-likeness (QED) is 0.548. The minimum Gasteiger partial charge on any atom is -0.507 e. The van der Waals surface area contributed by atoms with E-state index in [1.807, 2.05) is 19.2 Å². The molecular weight excluding hydrogens is 334 g/mol. The lowest BCUT2D eigenvalue weighted by Gasteiger charge is -2.22. The number of ketones is 1. The second-order valence-corrected chi connectivity index (χ2v) is 6.01. The molecule has 0 unspecified atom stereocenters. The highest BCUT2D eigenvalue weighted by Crippen LogP contribution is 2.25. The summed E-state index contributed by atoms with van der Waals surface area (Å²) in [6.45, 7) is 1.33. The van der Waals surface area contributed by atoms with Crippen molar-refractivity contribution in [1.82, 2.24) is 4.90 Å². The topological polar surface area (TPSA) is 68.2 Å². The number of carbonyl (C=O) groups is 1. The molecular formula is C20H25NO5. The van der Waals surface area contributed by atoms with E-state index in [0.29, 0.717) is 24.4 Å². The minimum atomic E-state index is -0.279. The van der Waals surface area contributed by atoms with Crippen LogP contribution in [0.4, 0.5) is 0 Å². The van der Waals surface area contributed by atoms with E-state index in [1.165, 1.54) is 13.2 Å². The molecule has 0 aliphatic heterocycles. The van der Waals surface area contributed by atoms with Gasteiger partial charge in [-0.1, -0.05) is 24.3 Å². The molecule has 0 aromatic heterocycles. The Labute approximate surface area is 153 Å². The highest BCUT2D eigenvalue weighted by molar-refractivity contribution is 6.10. The molecule has 2 rings (SSSR count). The molecule has 6 heteroatoms. The Morgan fingerprint density at radius 3 is 2.27 bits per heavy atom. The van der Waals surface area contributed by atoms with Crippen molar-refractivity contribution in [3.63, 3.8) is 0 Å². The predicted octanol–water partition coefficient (Wildman–Crippen LogP) is 2.68. The van der Waals surface area contributed by atoms with Crippen molar-refractivity contribution >= 4 is 5.78 Å². The lowest BCUT2D eigenvalue weighted by Crippen LogP contribution is -2.31. The summed E-state index contributed by atoms with van der Waals surface area (Å²) in [5.74, 6) is 0.176. The van der Waals surface area contributed by atoms with Gasteiger partial charge >= 0.3 is 0 Å². The zero-order valence-electron chi connectivity index (χ0n) is 15.6. The molecule has 0 atom stereocenters. The number of hydrogen-bond donors (Lipinski definition) is 1. The van der Waals surface area contributed by atoms with Crippen LogP contribution in [0.15, 0.2) is 42.5 Å². The molecule has 0 amide bonds. The van der Waals surface area contributed by atoms with Crippen molar-refractivity contribution in [2.24, 2.45) is 0 Å². The SMILES string of the molecule is COc1ccc(C(=O)c2ccc(CN(C)CC(OC)OC)cc2)c(O)c1. The van der Waals surface area contributed by atoms with Gasteiger partial charge in [0.05, 0.1) is 12.7 Å². The number of ether oxygens (including phenoxy) is 3. The third-order valence-electron chi connectivity index (χ3n) is 4.10. The first-order valence-electron chi connectivity index (χ1n) is 8.23. The molecule has 0 fully saturated rings. The van der Waals surface area contributed by atoms with Crippen LogP contribution in [0.2, 0.25) is 0 Å². The number of likely N-dealkylation sites (N-methyl/N-ethyl adjacent to an activating group) is 1. The van der Waals surface area contributed by atoms with Crippen molar-refractivity contribution in [3.05, 3.63) is 59.2 Å². The average Bonchev–Trinajstić information content (AvgIpc) is 2.66. The first-order chi connectivity index (χ1) is 12.5. The molecule has 2 aromatic carbocycles. The van der Waals surface area contributed by atoms with Gasteiger partial charge in [0.2, 0.25) is 0 Å². The molecule has 0 spiro atoms. The van der Waals surface area contributed by atoms with E-state index < -0.39 is 0 Å². The number of rotatable bonds is 9. The van der Waals surface area contributed by atoms with Gasteiger partial charge in [0.25, 0.3) is 0 Å². The largest absolute Gasteiger partial charge is 0.507 e. The molecule has 0 heterocycles. The Morgan fingerprint density at radius 1 is 1.08 bits per heavy atom. The minimum absolute atomic E-state index is 0.0941. The van der Waals surface area contributed by atoms with Crippen molar-refractivity contribution < 1.29 is 24.1 Å². The Bertz CT molecular complexity index is 725. The maximum absolute atomic E-state index is 12.6. The van der Waals surface area contributed by atoms with Crippen LogP contribution >= 0.6 is 0 Å². The van der Waals surface area contributed by atoms with Crippen molar-refractivity contribution in [1.29, 1.82) is 0 Å². The lowest BCUT2D eigenvalue weighted by atomic mass is 10.0. The number of phenols is 1. The second-order valence-electron chi connectivity index (χ2n) is 6.01. The summed E-state index contributed by atoms with van der Waals surface area (Å²) in [6.07, 6.45) is -0.279. The summed E-state index contributed by atoms with van der Waals surface area (Å²) in [7, 11) is 6.70. The van der Waals surface area contributed by atoms with Crippen molar-refractivity contribution in [3.8, 4) is 11.5 Å². The van der Waals surface area contributed by atoms with Crippen LogP contribution in [0.25, 0.3) is 0 Å². The fraction of sp³-hybridized carbons (Fsp3) is 0.350. The highest BCUT2D eigenvalue weighted by atomic mass is 16.7. The number of carbonyl (C=O) groups excluding carboxylic acids is 1. The Balaban J connectivity index is 2.05. The molecule has 0 aliphatic rings. The van der Waals surface area contributed by atoms with Gasteiger partial charge < -0.3 is 19.3 Å². The van der Waals surface area contributed by atoms with Crippen LogP contribution in [-0.2, 0) is 16.0 Å². The number of phenolic OH excluding ortho intramolecular Hbond substituents is 1. The van der Waals surface area contributed by atoms with Gasteiger partial charge in [-0.15, -0.1) is 0 Å². The summed E-state index contributed by atoms with van der Waals surface area (Å²) in [4.78, 5) is 14.7. The van der Waals surface area contributed by atoms with Crippen molar-refractivity contribution in [2.75, 3.05) is 34.9 Å². The van der Waals surface area contributed by atoms with E-state index in [2.05, 4.69) is 4.90 Å². The van der Waals surface area contributed by atoms with Crippen LogP contribution in [-0.4, -0.2) is 57.0 Å². The Kier molecular flexibility index (Phi) is 7.15. The summed E-state index contributed by atoms with van der Waals surface area (Å²) >= 11 is 0. The van der Waals surface area contributed by atoms with Crippen molar-refractivity contribution in [2.45, 2.75) is 12.8 Å². The normalized spacial score (nSPS) is 11.2. The Morgan fingerprint density at radius 2 is 1.73 bits per heavy atom. The molecule has 0 bridgehead atoms. The fourth-order valence-corrected chi connectivity index (χ4v) is 2.62. The van der Waals surface area contributed by atoms with Gasteiger partial charge in [-0.05, 0) is 24.7 Å². The first-order valence-corrected chi connectivity index (χ1v) is 8.23. The summed E-state index contributed by atoms with van der Waals surface area (Å²) < 4.78 is 15.4. The van der Waals surface area contributed by atoms with E-state index in [-0.39, 0.29) is 23.4 Å². The smallest absolute Gasteiger partial charge is 0.196 e. The van der Waals surface area contributed by atoms with E-state index >= 15 is 0 Å². The van der Waals surface area contributed by atoms with Crippen LogP contribution in [0.1, 0.15) is 21.5 Å². The zero-order chi connectivity index (χ0) is 19.1. The van der Waals surface area contributed by atoms with Gasteiger partial charge in [-0.25, -0.2) is 0 Å². The second kappa shape index (κ2) is 9.33. The molecule has 0 saturated heterocycles. The molecule has 6 nitrogen and oxygen atoms in total. The zero-order valence-corrected chi connectivity index (χ0v) is 15.6. The predicted molar refractivity (Wildman–Crippen MR) is 98.7 cm³/mol. The molecule has 140 valence electrons. The van der Waals surface area contributed by atoms with E-state index in [4.69, 9.17) is 14.2 Å². The number of aromatic hydroxyl groups is 1. The monoisotopic (exact) mass is 359 g/mol. The molecule has 26 heavy (non-hydrogen) atoms. The highest BCUT2D eigenvalue weighted by Gasteiger charge is 2.15. The first kappa shape index (κ1) is 19.9. The molecule has 2 aromatic rings. The molecule has 0 aliphatic carbocycles. The maximum atomic E-state index is 12.6. The standard InChI is InChI=1S/C20H25NO5/c1-21(13-19(25-3)26-4)12-14-5-7-15(8-6-14)20(23)17-10-9-16(24-2)11-18(17)22/h5-11,19,22H,12-13H2,1-4H3. The fourth-order valence-electron chi connectivity index (χ4n) is 2.62. The molecule has 1 N–H and O–H groups in total. The summed E-state index contributed by atoms with van der Waals surface area (Å²) in [5, 5.41) is 10.0. The van der Waals surface area contributed by atoms with E-state index in [0.717, 1.165) is 5.56 Å². The third kappa shape index (κ3) is 5.05. The third-order valence-corrected chi connectivity index (χ3v) is 4.10. The molecule has 0 saturated carbocycles. The number of nitrogens with zero attached hydrogens (tertiary/aromatic N) is 1. The van der Waals surface area contributed by atoms with Gasteiger partial charge in [-0.3, -0.25) is 9.69 Å². The summed E-state index contributed by atoms with van der Waals surface area (Å²) in [6, 6.07) is 12.0. The number of methoxy groups -OCH3 is 3.